The predicted octanol–water partition coefficient (Wildman–Crippen LogP) is 1.38. The third-order valence-corrected chi connectivity index (χ3v) is 1.83. The van der Waals surface area contributed by atoms with Gasteiger partial charge in [0.2, 0.25) is 0 Å². The van der Waals surface area contributed by atoms with Crippen molar-refractivity contribution >= 4 is 17.6 Å². The molecular weight excluding hydrogens is 196 g/mol. The fourth-order valence-corrected chi connectivity index (χ4v) is 1.05. The van der Waals surface area contributed by atoms with Crippen LogP contribution in [0.4, 0.5) is 0 Å². The molecule has 0 radical (unpaired) electrons. The number of benzene rings is 1. The van der Waals surface area contributed by atoms with E-state index in [4.69, 9.17) is 21.8 Å². The van der Waals surface area contributed by atoms with E-state index in [2.05, 4.69) is 0 Å². The Morgan fingerprint density at radius 1 is 1.31 bits per heavy atom. The Morgan fingerprint density at radius 3 is 2.46 bits per heavy atom. The number of hydrogen-bond acceptors (Lipinski definition) is 3. The number of halogens is 1. The third-order valence-electron chi connectivity index (χ3n) is 1.53. The van der Waals surface area contributed by atoms with Gasteiger partial charge in [0.25, 0.3) is 0 Å². The van der Waals surface area contributed by atoms with Crippen LogP contribution in [0, 0.1) is 0 Å². The van der Waals surface area contributed by atoms with Gasteiger partial charge in [-0.2, -0.15) is 0 Å². The van der Waals surface area contributed by atoms with E-state index in [0.29, 0.717) is 0 Å². The average Bonchev–Trinajstić information content (AvgIpc) is 2.06. The fraction of sp³-hybridized carbons (Fsp3) is 0.125. The third kappa shape index (κ3) is 2.03. The SMILES string of the molecule is O=C(O)Cc1ccc(Cl)c(O)c1O. The molecule has 0 amide bonds. The summed E-state index contributed by atoms with van der Waals surface area (Å²) < 4.78 is 0. The topological polar surface area (TPSA) is 77.8 Å². The molecule has 0 aliphatic carbocycles. The maximum Gasteiger partial charge on any atom is 0.307 e. The lowest BCUT2D eigenvalue weighted by Crippen LogP contribution is -2.00. The molecule has 0 fully saturated rings. The summed E-state index contributed by atoms with van der Waals surface area (Å²) in [4.78, 5) is 10.3. The van der Waals surface area contributed by atoms with Crippen molar-refractivity contribution < 1.29 is 20.1 Å². The number of carbonyl (C=O) groups is 1. The van der Waals surface area contributed by atoms with Crippen molar-refractivity contribution in [2.45, 2.75) is 6.42 Å². The van der Waals surface area contributed by atoms with Gasteiger partial charge in [-0.15, -0.1) is 0 Å². The largest absolute Gasteiger partial charge is 0.504 e. The van der Waals surface area contributed by atoms with Gasteiger partial charge < -0.3 is 15.3 Å². The molecule has 0 spiro atoms. The summed E-state index contributed by atoms with van der Waals surface area (Å²) in [5.41, 5.74) is 0.134. The molecule has 0 saturated heterocycles. The lowest BCUT2D eigenvalue weighted by Gasteiger charge is -2.04. The van der Waals surface area contributed by atoms with E-state index in [1.165, 1.54) is 12.1 Å². The number of aliphatic carboxylic acids is 1. The van der Waals surface area contributed by atoms with Crippen molar-refractivity contribution in [1.29, 1.82) is 0 Å². The van der Waals surface area contributed by atoms with Gasteiger partial charge in [0.15, 0.2) is 11.5 Å². The summed E-state index contributed by atoms with van der Waals surface area (Å²) in [5.74, 6) is -2.05. The second-order valence-electron chi connectivity index (χ2n) is 2.47. The van der Waals surface area contributed by atoms with Crippen LogP contribution in [0.3, 0.4) is 0 Å². The van der Waals surface area contributed by atoms with E-state index >= 15 is 0 Å². The van der Waals surface area contributed by atoms with Gasteiger partial charge in [-0.05, 0) is 6.07 Å². The molecule has 3 N–H and O–H groups in total. The molecule has 0 unspecified atom stereocenters. The summed E-state index contributed by atoms with van der Waals surface area (Å²) in [7, 11) is 0. The quantitative estimate of drug-likeness (QED) is 0.633. The van der Waals surface area contributed by atoms with E-state index in [9.17, 15) is 9.90 Å². The van der Waals surface area contributed by atoms with Crippen LogP contribution in [0.1, 0.15) is 5.56 Å². The van der Waals surface area contributed by atoms with Gasteiger partial charge in [0, 0.05) is 5.56 Å². The zero-order valence-corrected chi connectivity index (χ0v) is 7.25. The molecule has 0 saturated carbocycles. The summed E-state index contributed by atoms with van der Waals surface area (Å²) in [6.45, 7) is 0. The molecule has 0 atom stereocenters. The molecule has 0 aliphatic rings. The Bertz CT molecular complexity index is 348. The normalized spacial score (nSPS) is 9.92. The summed E-state index contributed by atoms with van der Waals surface area (Å²) >= 11 is 5.47. The molecule has 0 aromatic heterocycles. The molecule has 1 rings (SSSR count). The highest BCUT2D eigenvalue weighted by Crippen LogP contribution is 2.35. The molecule has 1 aromatic rings. The lowest BCUT2D eigenvalue weighted by atomic mass is 10.1. The number of hydrogen-bond donors (Lipinski definition) is 3. The summed E-state index contributed by atoms with van der Waals surface area (Å²) in [5, 5.41) is 26.8. The minimum Gasteiger partial charge on any atom is -0.504 e. The molecule has 0 heterocycles. The van der Waals surface area contributed by atoms with Gasteiger partial charge in [-0.25, -0.2) is 0 Å². The Kier molecular flexibility index (Phi) is 2.63. The summed E-state index contributed by atoms with van der Waals surface area (Å²) in [6, 6.07) is 2.68. The number of rotatable bonds is 2. The molecule has 0 bridgehead atoms. The second kappa shape index (κ2) is 3.53. The molecule has 70 valence electrons. The zero-order chi connectivity index (χ0) is 10.0. The molecule has 1 aromatic carbocycles. The van der Waals surface area contributed by atoms with Crippen LogP contribution in [0.2, 0.25) is 5.02 Å². The van der Waals surface area contributed by atoms with Crippen LogP contribution < -0.4 is 0 Å². The second-order valence-corrected chi connectivity index (χ2v) is 2.88. The number of phenols is 2. The van der Waals surface area contributed by atoms with Crippen LogP contribution >= 0.6 is 11.6 Å². The van der Waals surface area contributed by atoms with Crippen molar-refractivity contribution in [3.63, 3.8) is 0 Å². The molecule has 5 heteroatoms. The Balaban J connectivity index is 3.10. The minimum atomic E-state index is -1.09. The first-order valence-electron chi connectivity index (χ1n) is 3.43. The standard InChI is InChI=1S/C8H7ClO4/c9-5-2-1-4(3-6(10)11)7(12)8(5)13/h1-2,12-13H,3H2,(H,10,11). The highest BCUT2D eigenvalue weighted by Gasteiger charge is 2.12. The summed E-state index contributed by atoms with van der Waals surface area (Å²) in [6.07, 6.45) is -0.351. The Hall–Kier alpha value is -1.42. The van der Waals surface area contributed by atoms with Crippen molar-refractivity contribution in [3.05, 3.63) is 22.7 Å². The number of carboxylic acids is 1. The molecule has 4 nitrogen and oxygen atoms in total. The van der Waals surface area contributed by atoms with E-state index in [0.717, 1.165) is 0 Å². The highest BCUT2D eigenvalue weighted by atomic mass is 35.5. The van der Waals surface area contributed by atoms with Crippen LogP contribution in [0.15, 0.2) is 12.1 Å². The maximum absolute atomic E-state index is 10.3. The van der Waals surface area contributed by atoms with Gasteiger partial charge in [0.05, 0.1) is 11.4 Å². The first-order valence-corrected chi connectivity index (χ1v) is 3.81. The Morgan fingerprint density at radius 2 is 1.92 bits per heavy atom. The van der Waals surface area contributed by atoms with Crippen molar-refractivity contribution in [2.75, 3.05) is 0 Å². The fourth-order valence-electron chi connectivity index (χ4n) is 0.902. The smallest absolute Gasteiger partial charge is 0.307 e. The Labute approximate surface area is 79.0 Å². The monoisotopic (exact) mass is 202 g/mol. The zero-order valence-electron chi connectivity index (χ0n) is 6.49. The molecule has 13 heavy (non-hydrogen) atoms. The van der Waals surface area contributed by atoms with E-state index in [1.807, 2.05) is 0 Å². The van der Waals surface area contributed by atoms with Gasteiger partial charge >= 0.3 is 5.97 Å². The first kappa shape index (κ1) is 9.67. The van der Waals surface area contributed by atoms with E-state index in [-0.39, 0.29) is 17.0 Å². The number of phenolic OH excluding ortho intramolecular Hbond substituents is 2. The highest BCUT2D eigenvalue weighted by molar-refractivity contribution is 6.32. The van der Waals surface area contributed by atoms with Crippen LogP contribution in [-0.4, -0.2) is 21.3 Å². The average molecular weight is 203 g/mol. The molecule has 0 aliphatic heterocycles. The number of carboxylic acid groups (broad SMARTS) is 1. The number of aromatic hydroxyl groups is 2. The van der Waals surface area contributed by atoms with E-state index < -0.39 is 17.5 Å². The van der Waals surface area contributed by atoms with Crippen molar-refractivity contribution in [3.8, 4) is 11.5 Å². The molecular formula is C8H7ClO4. The van der Waals surface area contributed by atoms with Gasteiger partial charge in [-0.3, -0.25) is 4.79 Å². The predicted molar refractivity (Wildman–Crippen MR) is 46.1 cm³/mol. The van der Waals surface area contributed by atoms with Crippen molar-refractivity contribution in [2.24, 2.45) is 0 Å². The first-order chi connectivity index (χ1) is 6.02. The van der Waals surface area contributed by atoms with Crippen molar-refractivity contribution in [1.82, 2.24) is 0 Å². The van der Waals surface area contributed by atoms with E-state index in [1.54, 1.807) is 0 Å². The maximum atomic E-state index is 10.3. The minimum absolute atomic E-state index is 0.00774. The van der Waals surface area contributed by atoms with Crippen LogP contribution in [0.5, 0.6) is 11.5 Å². The van der Waals surface area contributed by atoms with Gasteiger partial charge in [0.1, 0.15) is 0 Å². The van der Waals surface area contributed by atoms with Crippen LogP contribution in [-0.2, 0) is 11.2 Å². The van der Waals surface area contributed by atoms with Gasteiger partial charge in [-0.1, -0.05) is 17.7 Å². The van der Waals surface area contributed by atoms with Crippen LogP contribution in [0.25, 0.3) is 0 Å². The lowest BCUT2D eigenvalue weighted by molar-refractivity contribution is -0.136.